The Morgan fingerprint density at radius 1 is 1.20 bits per heavy atom. The monoisotopic (exact) mass is 511 g/mol. The van der Waals surface area contributed by atoms with Crippen LogP contribution in [0.15, 0.2) is 17.0 Å². The lowest BCUT2D eigenvalue weighted by Gasteiger charge is -2.40. The summed E-state index contributed by atoms with van der Waals surface area (Å²) in [5.74, 6) is -0.971. The number of rotatable bonds is 4. The fourth-order valence-electron chi connectivity index (χ4n) is 4.61. The van der Waals surface area contributed by atoms with Crippen molar-refractivity contribution in [1.82, 2.24) is 9.80 Å². The van der Waals surface area contributed by atoms with Gasteiger partial charge in [0.05, 0.1) is 11.8 Å². The number of hydrogen-bond acceptors (Lipinski definition) is 6. The lowest BCUT2D eigenvalue weighted by atomic mass is 9.87. The number of anilines is 1. The highest BCUT2D eigenvalue weighted by Gasteiger charge is 2.41. The first-order valence-electron chi connectivity index (χ1n) is 12.0. The van der Waals surface area contributed by atoms with Crippen molar-refractivity contribution in [2.24, 2.45) is 0 Å². The molecule has 8 nitrogen and oxygen atoms in total. The van der Waals surface area contributed by atoms with Crippen molar-refractivity contribution in [2.45, 2.75) is 82.6 Å². The summed E-state index contributed by atoms with van der Waals surface area (Å²) >= 11 is 0. The molecule has 0 radical (unpaired) electrons. The fraction of sp³-hybridized carbons (Fsp3) is 0.680. The number of sulfone groups is 1. The van der Waals surface area contributed by atoms with Crippen LogP contribution in [0.4, 0.5) is 14.9 Å². The number of hydrogen-bond donors (Lipinski definition) is 0. The molecular weight excluding hydrogens is 473 g/mol. The average molecular weight is 512 g/mol. The van der Waals surface area contributed by atoms with Crippen LogP contribution in [0.2, 0.25) is 0 Å². The van der Waals surface area contributed by atoms with Gasteiger partial charge in [0.25, 0.3) is 0 Å². The Bertz CT molecular complexity index is 1110. The first kappa shape index (κ1) is 27.4. The van der Waals surface area contributed by atoms with Crippen molar-refractivity contribution >= 4 is 27.5 Å². The van der Waals surface area contributed by atoms with Gasteiger partial charge in [0.1, 0.15) is 16.3 Å². The van der Waals surface area contributed by atoms with Crippen LogP contribution < -0.4 is 4.90 Å². The van der Waals surface area contributed by atoms with E-state index in [0.717, 1.165) is 0 Å². The number of fused-ring (bicyclic) bond motifs is 1. The summed E-state index contributed by atoms with van der Waals surface area (Å²) in [6.45, 7) is 16.1. The van der Waals surface area contributed by atoms with E-state index < -0.39 is 31.9 Å². The molecule has 2 amide bonds. The van der Waals surface area contributed by atoms with E-state index in [1.54, 1.807) is 9.80 Å². The van der Waals surface area contributed by atoms with E-state index in [1.165, 1.54) is 26.0 Å². The van der Waals surface area contributed by atoms with E-state index in [2.05, 4.69) is 0 Å². The molecule has 35 heavy (non-hydrogen) atoms. The molecule has 2 aliphatic rings. The van der Waals surface area contributed by atoms with Crippen molar-refractivity contribution in [2.75, 3.05) is 37.6 Å². The van der Waals surface area contributed by atoms with Crippen molar-refractivity contribution in [1.29, 1.82) is 0 Å². The maximum absolute atomic E-state index is 14.9. The first-order chi connectivity index (χ1) is 15.9. The van der Waals surface area contributed by atoms with Gasteiger partial charge in [-0.25, -0.2) is 17.6 Å². The largest absolute Gasteiger partial charge is 0.444 e. The minimum Gasteiger partial charge on any atom is -0.444 e. The smallest absolute Gasteiger partial charge is 0.410 e. The fourth-order valence-corrected chi connectivity index (χ4v) is 5.73. The Labute approximate surface area is 208 Å². The summed E-state index contributed by atoms with van der Waals surface area (Å²) < 4.78 is 45.8. The van der Waals surface area contributed by atoms with E-state index in [0.29, 0.717) is 37.4 Å². The maximum Gasteiger partial charge on any atom is 0.410 e. The van der Waals surface area contributed by atoms with Gasteiger partial charge in [0.15, 0.2) is 9.84 Å². The highest BCUT2D eigenvalue weighted by molar-refractivity contribution is 7.92. The minimum absolute atomic E-state index is 0.117. The predicted molar refractivity (Wildman–Crippen MR) is 133 cm³/mol. The quantitative estimate of drug-likeness (QED) is 0.614. The van der Waals surface area contributed by atoms with Crippen LogP contribution in [0.1, 0.15) is 61.0 Å². The zero-order valence-corrected chi connectivity index (χ0v) is 22.8. The number of piperazine rings is 1. The highest BCUT2D eigenvalue weighted by atomic mass is 32.2. The van der Waals surface area contributed by atoms with Crippen molar-refractivity contribution in [3.63, 3.8) is 0 Å². The zero-order valence-electron chi connectivity index (χ0n) is 22.0. The number of amides is 2. The van der Waals surface area contributed by atoms with E-state index in [1.807, 2.05) is 46.4 Å². The lowest BCUT2D eigenvalue weighted by molar-refractivity contribution is -0.120. The Morgan fingerprint density at radius 2 is 1.83 bits per heavy atom. The molecule has 1 fully saturated rings. The molecule has 1 aromatic rings. The Hall–Kier alpha value is -2.20. The van der Waals surface area contributed by atoms with Crippen LogP contribution in [0.5, 0.6) is 0 Å². The molecule has 10 heteroatoms. The Kier molecular flexibility index (Phi) is 7.32. The standard InChI is InChI=1S/C25H38FN3O5S/c1-16(2)35(32,33)21-12-20-18(11-19(21)26)25(7,8)15-29(20)22(30)14-27-9-10-28(17(3)13-27)23(31)34-24(4,5)6/h11-12,16-17H,9-10,13-15H2,1-8H3. The van der Waals surface area contributed by atoms with Crippen LogP contribution >= 0.6 is 0 Å². The number of halogens is 1. The number of carbonyl (C=O) groups excluding carboxylic acids is 2. The van der Waals surface area contributed by atoms with Gasteiger partial charge in [-0.05, 0) is 59.2 Å². The van der Waals surface area contributed by atoms with Crippen molar-refractivity contribution < 1.29 is 27.1 Å². The van der Waals surface area contributed by atoms with E-state index in [4.69, 9.17) is 4.74 Å². The molecule has 0 bridgehead atoms. The molecule has 0 aliphatic carbocycles. The van der Waals surface area contributed by atoms with Gasteiger partial charge in [0, 0.05) is 43.3 Å². The molecule has 1 saturated heterocycles. The van der Waals surface area contributed by atoms with Gasteiger partial charge < -0.3 is 14.5 Å². The van der Waals surface area contributed by atoms with E-state index in [-0.39, 0.29) is 29.5 Å². The Balaban J connectivity index is 1.78. The molecule has 0 saturated carbocycles. The molecule has 1 aromatic carbocycles. The summed E-state index contributed by atoms with van der Waals surface area (Å²) in [6, 6.07) is 2.44. The molecule has 2 aliphatic heterocycles. The van der Waals surface area contributed by atoms with Crippen molar-refractivity contribution in [3.05, 3.63) is 23.5 Å². The molecule has 0 N–H and O–H groups in total. The van der Waals surface area contributed by atoms with Gasteiger partial charge in [-0.3, -0.25) is 9.69 Å². The van der Waals surface area contributed by atoms with Crippen LogP contribution in [0.3, 0.4) is 0 Å². The van der Waals surface area contributed by atoms with Crippen LogP contribution in [-0.4, -0.2) is 79.8 Å². The maximum atomic E-state index is 14.9. The minimum atomic E-state index is -3.85. The number of nitrogens with zero attached hydrogens (tertiary/aromatic N) is 3. The molecule has 3 rings (SSSR count). The second kappa shape index (κ2) is 9.35. The molecule has 0 aromatic heterocycles. The van der Waals surface area contributed by atoms with Gasteiger partial charge in [-0.1, -0.05) is 13.8 Å². The molecule has 1 unspecified atom stereocenters. The third-order valence-corrected chi connectivity index (χ3v) is 8.72. The van der Waals surface area contributed by atoms with Gasteiger partial charge in [-0.2, -0.15) is 0 Å². The van der Waals surface area contributed by atoms with Crippen LogP contribution in [0.25, 0.3) is 0 Å². The molecule has 196 valence electrons. The number of carbonyl (C=O) groups is 2. The van der Waals surface area contributed by atoms with Crippen LogP contribution in [0, 0.1) is 5.82 Å². The number of benzene rings is 1. The normalized spacial score (nSPS) is 20.8. The van der Waals surface area contributed by atoms with Gasteiger partial charge in [-0.15, -0.1) is 0 Å². The summed E-state index contributed by atoms with van der Waals surface area (Å²) in [5, 5.41) is -0.781. The van der Waals surface area contributed by atoms with E-state index in [9.17, 15) is 22.4 Å². The summed E-state index contributed by atoms with van der Waals surface area (Å²) in [7, 11) is -3.85. The second-order valence-electron chi connectivity index (χ2n) is 11.5. The molecule has 1 atom stereocenters. The summed E-state index contributed by atoms with van der Waals surface area (Å²) in [5.41, 5.74) is -0.0363. The lowest BCUT2D eigenvalue weighted by Crippen LogP contribution is -2.56. The highest BCUT2D eigenvalue weighted by Crippen LogP contribution is 2.43. The predicted octanol–water partition coefficient (Wildman–Crippen LogP) is 3.57. The zero-order chi connectivity index (χ0) is 26.5. The molecule has 0 spiro atoms. The van der Waals surface area contributed by atoms with Crippen molar-refractivity contribution in [3.8, 4) is 0 Å². The van der Waals surface area contributed by atoms with Crippen LogP contribution in [-0.2, 0) is 24.8 Å². The molecular formula is C25H38FN3O5S. The SMILES string of the molecule is CC1CN(CC(=O)N2CC(C)(C)c3cc(F)c(S(=O)(=O)C(C)C)cc32)CCN1C(=O)OC(C)(C)C. The van der Waals surface area contributed by atoms with Gasteiger partial charge in [0.2, 0.25) is 5.91 Å². The summed E-state index contributed by atoms with van der Waals surface area (Å²) in [6.07, 6.45) is -0.368. The summed E-state index contributed by atoms with van der Waals surface area (Å²) in [4.78, 5) is 30.7. The van der Waals surface area contributed by atoms with E-state index >= 15 is 0 Å². The topological polar surface area (TPSA) is 87.2 Å². The first-order valence-corrected chi connectivity index (χ1v) is 13.6. The average Bonchev–Trinajstić information content (AvgIpc) is 2.96. The number of ether oxygens (including phenoxy) is 1. The third kappa shape index (κ3) is 5.63. The molecule has 2 heterocycles. The third-order valence-electron chi connectivity index (χ3n) is 6.55. The second-order valence-corrected chi connectivity index (χ2v) is 14.0. The Morgan fingerprint density at radius 3 is 2.37 bits per heavy atom. The van der Waals surface area contributed by atoms with Gasteiger partial charge >= 0.3 is 6.09 Å².